The molecular formula is C16H24N2O2S. The zero-order valence-corrected chi connectivity index (χ0v) is 13.6. The standard InChI is InChI=1S/C16H24N2O2S/c1-3-18-9-4-5-14(18)11-17(2)12-15-13(8-10-21-15)6-7-16(19)20/h6-8,10,14H,3-5,9,11-12H2,1-2H3,(H,19,20). The number of hydrogen-bond acceptors (Lipinski definition) is 4. The quantitative estimate of drug-likeness (QED) is 0.787. The van der Waals surface area contributed by atoms with E-state index >= 15 is 0 Å². The van der Waals surface area contributed by atoms with Gasteiger partial charge in [0.15, 0.2) is 0 Å². The molecule has 1 saturated heterocycles. The highest BCUT2D eigenvalue weighted by molar-refractivity contribution is 7.10. The molecule has 116 valence electrons. The topological polar surface area (TPSA) is 43.8 Å². The second kappa shape index (κ2) is 7.73. The number of likely N-dealkylation sites (N-methyl/N-ethyl adjacent to an activating group) is 2. The molecule has 0 bridgehead atoms. The third kappa shape index (κ3) is 4.66. The van der Waals surface area contributed by atoms with E-state index in [9.17, 15) is 4.79 Å². The average molecular weight is 308 g/mol. The minimum atomic E-state index is -0.898. The first-order valence-corrected chi connectivity index (χ1v) is 8.38. The Balaban J connectivity index is 1.92. The Morgan fingerprint density at radius 1 is 1.62 bits per heavy atom. The van der Waals surface area contributed by atoms with E-state index in [2.05, 4.69) is 23.8 Å². The van der Waals surface area contributed by atoms with Crippen LogP contribution in [0.25, 0.3) is 6.08 Å². The zero-order chi connectivity index (χ0) is 15.2. The molecule has 2 heterocycles. The maximum absolute atomic E-state index is 10.6. The molecule has 1 fully saturated rings. The lowest BCUT2D eigenvalue weighted by atomic mass is 10.2. The summed E-state index contributed by atoms with van der Waals surface area (Å²) in [6.07, 6.45) is 5.49. The summed E-state index contributed by atoms with van der Waals surface area (Å²) in [4.78, 5) is 16.8. The lowest BCUT2D eigenvalue weighted by molar-refractivity contribution is -0.131. The summed E-state index contributed by atoms with van der Waals surface area (Å²) in [5.74, 6) is -0.898. The van der Waals surface area contributed by atoms with Gasteiger partial charge in [-0.2, -0.15) is 0 Å². The van der Waals surface area contributed by atoms with Crippen LogP contribution >= 0.6 is 11.3 Å². The van der Waals surface area contributed by atoms with Crippen molar-refractivity contribution in [2.75, 3.05) is 26.7 Å². The molecule has 1 atom stereocenters. The highest BCUT2D eigenvalue weighted by atomic mass is 32.1. The van der Waals surface area contributed by atoms with Gasteiger partial charge < -0.3 is 5.11 Å². The molecule has 5 heteroatoms. The first kappa shape index (κ1) is 16.2. The van der Waals surface area contributed by atoms with Gasteiger partial charge in [0.25, 0.3) is 0 Å². The van der Waals surface area contributed by atoms with Crippen molar-refractivity contribution in [3.8, 4) is 0 Å². The molecule has 0 radical (unpaired) electrons. The fraction of sp³-hybridized carbons (Fsp3) is 0.562. The average Bonchev–Trinajstić information content (AvgIpc) is 3.05. The van der Waals surface area contributed by atoms with Gasteiger partial charge in [-0.3, -0.25) is 9.80 Å². The maximum atomic E-state index is 10.6. The van der Waals surface area contributed by atoms with Crippen molar-refractivity contribution in [2.24, 2.45) is 0 Å². The molecule has 0 aliphatic carbocycles. The van der Waals surface area contributed by atoms with Gasteiger partial charge in [-0.1, -0.05) is 6.92 Å². The summed E-state index contributed by atoms with van der Waals surface area (Å²) < 4.78 is 0. The number of aliphatic carboxylic acids is 1. The molecule has 21 heavy (non-hydrogen) atoms. The molecule has 1 aliphatic heterocycles. The second-order valence-electron chi connectivity index (χ2n) is 5.59. The molecule has 1 aliphatic rings. The van der Waals surface area contributed by atoms with Crippen molar-refractivity contribution in [3.63, 3.8) is 0 Å². The fourth-order valence-electron chi connectivity index (χ4n) is 2.98. The Morgan fingerprint density at radius 2 is 2.43 bits per heavy atom. The first-order chi connectivity index (χ1) is 10.1. The van der Waals surface area contributed by atoms with Crippen LogP contribution in [0.15, 0.2) is 17.5 Å². The molecule has 4 nitrogen and oxygen atoms in total. The SMILES string of the molecule is CCN1CCCC1CN(C)Cc1sccc1C=CC(=O)O. The van der Waals surface area contributed by atoms with Gasteiger partial charge in [-0.25, -0.2) is 4.79 Å². The van der Waals surface area contributed by atoms with Crippen LogP contribution in [0.2, 0.25) is 0 Å². The zero-order valence-electron chi connectivity index (χ0n) is 12.8. The van der Waals surface area contributed by atoms with Crippen molar-refractivity contribution in [1.29, 1.82) is 0 Å². The number of nitrogens with zero attached hydrogens (tertiary/aromatic N) is 2. The summed E-state index contributed by atoms with van der Waals surface area (Å²) in [6.45, 7) is 6.54. The lowest BCUT2D eigenvalue weighted by Crippen LogP contribution is -2.38. The minimum absolute atomic E-state index is 0.665. The highest BCUT2D eigenvalue weighted by Crippen LogP contribution is 2.22. The van der Waals surface area contributed by atoms with Gasteiger partial charge >= 0.3 is 5.97 Å². The molecule has 0 amide bonds. The minimum Gasteiger partial charge on any atom is -0.478 e. The summed E-state index contributed by atoms with van der Waals surface area (Å²) in [5, 5.41) is 10.8. The molecular weight excluding hydrogens is 284 g/mol. The number of rotatable bonds is 7. The summed E-state index contributed by atoms with van der Waals surface area (Å²) in [5.41, 5.74) is 1.02. The van der Waals surface area contributed by atoms with E-state index < -0.39 is 5.97 Å². The van der Waals surface area contributed by atoms with Crippen molar-refractivity contribution in [3.05, 3.63) is 28.0 Å². The molecule has 1 N–H and O–H groups in total. The number of carboxylic acids is 1. The van der Waals surface area contributed by atoms with Gasteiger partial charge in [0.1, 0.15) is 0 Å². The molecule has 2 rings (SSSR count). The summed E-state index contributed by atoms with van der Waals surface area (Å²) >= 11 is 1.69. The van der Waals surface area contributed by atoms with Crippen molar-refractivity contribution in [2.45, 2.75) is 32.4 Å². The highest BCUT2D eigenvalue weighted by Gasteiger charge is 2.24. The predicted octanol–water partition coefficient (Wildman–Crippen LogP) is 2.76. The third-order valence-corrected chi connectivity index (χ3v) is 4.95. The normalized spacial score (nSPS) is 19.9. The van der Waals surface area contributed by atoms with E-state index in [-0.39, 0.29) is 0 Å². The Labute approximate surface area is 130 Å². The fourth-order valence-corrected chi connectivity index (χ4v) is 3.92. The number of carboxylic acid groups (broad SMARTS) is 1. The first-order valence-electron chi connectivity index (χ1n) is 7.50. The van der Waals surface area contributed by atoms with Crippen LogP contribution in [-0.4, -0.2) is 53.6 Å². The van der Waals surface area contributed by atoms with Gasteiger partial charge in [0.2, 0.25) is 0 Å². The third-order valence-electron chi connectivity index (χ3n) is 4.03. The molecule has 0 saturated carbocycles. The molecule has 1 aromatic heterocycles. The van der Waals surface area contributed by atoms with Crippen LogP contribution in [0, 0.1) is 0 Å². The Bertz CT molecular complexity index is 498. The van der Waals surface area contributed by atoms with E-state index in [1.165, 1.54) is 30.3 Å². The molecule has 1 aromatic rings. The van der Waals surface area contributed by atoms with Gasteiger partial charge in [-0.05, 0) is 56.1 Å². The van der Waals surface area contributed by atoms with Crippen molar-refractivity contribution >= 4 is 23.4 Å². The Kier molecular flexibility index (Phi) is 5.96. The second-order valence-corrected chi connectivity index (χ2v) is 6.59. The number of carbonyl (C=O) groups is 1. The molecule has 0 spiro atoms. The van der Waals surface area contributed by atoms with Crippen LogP contribution in [0.4, 0.5) is 0 Å². The van der Waals surface area contributed by atoms with E-state index in [1.807, 2.05) is 11.4 Å². The van der Waals surface area contributed by atoms with Crippen molar-refractivity contribution < 1.29 is 9.90 Å². The maximum Gasteiger partial charge on any atom is 0.328 e. The summed E-state index contributed by atoms with van der Waals surface area (Å²) in [7, 11) is 2.15. The van der Waals surface area contributed by atoms with Crippen LogP contribution in [0.5, 0.6) is 0 Å². The number of thiophene rings is 1. The van der Waals surface area contributed by atoms with E-state index in [4.69, 9.17) is 5.11 Å². The molecule has 0 aromatic carbocycles. The number of hydrogen-bond donors (Lipinski definition) is 1. The summed E-state index contributed by atoms with van der Waals surface area (Å²) in [6, 6.07) is 2.65. The van der Waals surface area contributed by atoms with Gasteiger partial charge in [-0.15, -0.1) is 11.3 Å². The van der Waals surface area contributed by atoms with Crippen LogP contribution in [0.3, 0.4) is 0 Å². The van der Waals surface area contributed by atoms with Gasteiger partial charge in [0, 0.05) is 30.1 Å². The van der Waals surface area contributed by atoms with E-state index in [0.29, 0.717) is 6.04 Å². The number of likely N-dealkylation sites (tertiary alicyclic amines) is 1. The van der Waals surface area contributed by atoms with E-state index in [0.717, 1.165) is 25.2 Å². The largest absolute Gasteiger partial charge is 0.478 e. The van der Waals surface area contributed by atoms with Crippen LogP contribution in [0.1, 0.15) is 30.2 Å². The van der Waals surface area contributed by atoms with Crippen molar-refractivity contribution in [1.82, 2.24) is 9.80 Å². The van der Waals surface area contributed by atoms with Crippen LogP contribution in [-0.2, 0) is 11.3 Å². The monoisotopic (exact) mass is 308 g/mol. The lowest BCUT2D eigenvalue weighted by Gasteiger charge is -2.27. The predicted molar refractivity (Wildman–Crippen MR) is 87.6 cm³/mol. The Hall–Kier alpha value is -1.17. The smallest absolute Gasteiger partial charge is 0.328 e. The van der Waals surface area contributed by atoms with Crippen LogP contribution < -0.4 is 0 Å². The molecule has 1 unspecified atom stereocenters. The Morgan fingerprint density at radius 3 is 3.14 bits per heavy atom. The van der Waals surface area contributed by atoms with Gasteiger partial charge in [0.05, 0.1) is 0 Å². The van der Waals surface area contributed by atoms with E-state index in [1.54, 1.807) is 17.4 Å².